The van der Waals surface area contributed by atoms with Gasteiger partial charge >= 0.3 is 0 Å². The Kier molecular flexibility index (Phi) is 5.06. The number of carbonyl (C=O) groups is 1. The van der Waals surface area contributed by atoms with Gasteiger partial charge in [0.15, 0.2) is 0 Å². The van der Waals surface area contributed by atoms with Crippen molar-refractivity contribution in [1.82, 2.24) is 5.32 Å². The largest absolute Gasteiger partial charge is 0.368 e. The molecule has 5 heteroatoms. The van der Waals surface area contributed by atoms with Crippen LogP contribution in [0.4, 0.5) is 8.78 Å². The quantitative estimate of drug-likeness (QED) is 0.834. The molecule has 1 aliphatic rings. The molecule has 1 aromatic rings. The third kappa shape index (κ3) is 3.76. The lowest BCUT2D eigenvalue weighted by molar-refractivity contribution is -0.120. The fourth-order valence-corrected chi connectivity index (χ4v) is 2.74. The van der Waals surface area contributed by atoms with E-state index in [1.165, 1.54) is 18.9 Å². The molecule has 0 aliphatic heterocycles. The number of benzene rings is 1. The lowest BCUT2D eigenvalue weighted by Gasteiger charge is -2.23. The molecule has 1 fully saturated rings. The maximum Gasteiger partial charge on any atom is 0.239 e. The zero-order chi connectivity index (χ0) is 14.5. The van der Waals surface area contributed by atoms with Crippen molar-refractivity contribution in [3.05, 3.63) is 35.4 Å². The molecule has 0 heterocycles. The first-order valence-electron chi connectivity index (χ1n) is 7.08. The van der Waals surface area contributed by atoms with Crippen LogP contribution in [0.3, 0.4) is 0 Å². The Labute approximate surface area is 117 Å². The van der Waals surface area contributed by atoms with Crippen LogP contribution in [0, 0.1) is 11.6 Å². The van der Waals surface area contributed by atoms with Gasteiger partial charge in [-0.3, -0.25) is 10.1 Å². The number of nitrogens with two attached hydrogens (primary N) is 1. The summed E-state index contributed by atoms with van der Waals surface area (Å²) in [4.78, 5) is 11.6. The Bertz CT molecular complexity index is 471. The van der Waals surface area contributed by atoms with Crippen molar-refractivity contribution in [3.63, 3.8) is 0 Å². The molecule has 1 amide bonds. The molecule has 110 valence electrons. The van der Waals surface area contributed by atoms with Gasteiger partial charge in [-0.1, -0.05) is 31.7 Å². The van der Waals surface area contributed by atoms with Crippen molar-refractivity contribution in [3.8, 4) is 0 Å². The Morgan fingerprint density at radius 3 is 2.40 bits per heavy atom. The first-order valence-corrected chi connectivity index (χ1v) is 7.08. The van der Waals surface area contributed by atoms with Crippen LogP contribution in [0.15, 0.2) is 18.2 Å². The van der Waals surface area contributed by atoms with E-state index in [9.17, 15) is 13.6 Å². The first-order chi connectivity index (χ1) is 9.58. The van der Waals surface area contributed by atoms with Gasteiger partial charge in [0.25, 0.3) is 0 Å². The van der Waals surface area contributed by atoms with Crippen LogP contribution >= 0.6 is 0 Å². The van der Waals surface area contributed by atoms with Crippen molar-refractivity contribution in [2.45, 2.75) is 50.6 Å². The van der Waals surface area contributed by atoms with Gasteiger partial charge in [0.2, 0.25) is 5.91 Å². The number of hydrogen-bond donors (Lipinski definition) is 2. The topological polar surface area (TPSA) is 55.1 Å². The van der Waals surface area contributed by atoms with E-state index in [0.717, 1.165) is 37.8 Å². The minimum atomic E-state index is -0.904. The predicted molar refractivity (Wildman–Crippen MR) is 72.9 cm³/mol. The van der Waals surface area contributed by atoms with E-state index in [1.807, 2.05) is 0 Å². The predicted octanol–water partition coefficient (Wildman–Crippen LogP) is 2.80. The van der Waals surface area contributed by atoms with Crippen LogP contribution in [0.2, 0.25) is 0 Å². The van der Waals surface area contributed by atoms with Gasteiger partial charge in [-0.25, -0.2) is 8.78 Å². The van der Waals surface area contributed by atoms with Gasteiger partial charge in [0, 0.05) is 17.7 Å². The van der Waals surface area contributed by atoms with E-state index in [0.29, 0.717) is 0 Å². The number of rotatable bonds is 4. The molecule has 0 saturated heterocycles. The third-order valence-electron chi connectivity index (χ3n) is 3.82. The average molecular weight is 282 g/mol. The molecule has 3 nitrogen and oxygen atoms in total. The maximum absolute atomic E-state index is 13.8. The second-order valence-electron chi connectivity index (χ2n) is 5.36. The van der Waals surface area contributed by atoms with Gasteiger partial charge in [-0.2, -0.15) is 0 Å². The molecule has 0 aromatic heterocycles. The van der Waals surface area contributed by atoms with Crippen LogP contribution in [-0.4, -0.2) is 11.9 Å². The number of nitrogens with one attached hydrogen (secondary N) is 1. The third-order valence-corrected chi connectivity index (χ3v) is 3.82. The highest BCUT2D eigenvalue weighted by molar-refractivity contribution is 5.81. The van der Waals surface area contributed by atoms with Crippen molar-refractivity contribution >= 4 is 5.91 Å². The number of carbonyl (C=O) groups excluding carboxylic acids is 1. The van der Waals surface area contributed by atoms with Crippen LogP contribution in [0.1, 0.15) is 50.1 Å². The van der Waals surface area contributed by atoms with Gasteiger partial charge in [0.05, 0.1) is 0 Å². The molecule has 1 aliphatic carbocycles. The average Bonchev–Trinajstić information content (AvgIpc) is 2.65. The molecular formula is C15H20F2N2O. The summed E-state index contributed by atoms with van der Waals surface area (Å²) in [5.41, 5.74) is 5.48. The Balaban J connectivity index is 2.15. The number of hydrogen-bond acceptors (Lipinski definition) is 2. The van der Waals surface area contributed by atoms with E-state index in [2.05, 4.69) is 5.32 Å². The van der Waals surface area contributed by atoms with Crippen LogP contribution in [-0.2, 0) is 4.79 Å². The maximum atomic E-state index is 13.8. The fraction of sp³-hybridized carbons (Fsp3) is 0.533. The van der Waals surface area contributed by atoms with Crippen molar-refractivity contribution in [2.75, 3.05) is 0 Å². The van der Waals surface area contributed by atoms with Gasteiger partial charge in [-0.05, 0) is 18.9 Å². The van der Waals surface area contributed by atoms with Crippen molar-refractivity contribution < 1.29 is 13.6 Å². The van der Waals surface area contributed by atoms with Gasteiger partial charge < -0.3 is 5.73 Å². The van der Waals surface area contributed by atoms with Crippen LogP contribution in [0.25, 0.3) is 0 Å². The molecule has 3 N–H and O–H groups in total. The number of halogens is 2. The normalized spacial score (nSPS) is 18.5. The van der Waals surface area contributed by atoms with E-state index in [-0.39, 0.29) is 11.6 Å². The van der Waals surface area contributed by atoms with Gasteiger partial charge in [0.1, 0.15) is 17.7 Å². The Morgan fingerprint density at radius 1 is 1.20 bits per heavy atom. The smallest absolute Gasteiger partial charge is 0.239 e. The summed E-state index contributed by atoms with van der Waals surface area (Å²) in [6.45, 7) is 0. The van der Waals surface area contributed by atoms with E-state index >= 15 is 0 Å². The SMILES string of the molecule is NC(=O)C(NC1CCCCCC1)c1ccc(F)cc1F. The number of primary amides is 1. The van der Waals surface area contributed by atoms with Crippen molar-refractivity contribution in [2.24, 2.45) is 5.73 Å². The molecule has 0 bridgehead atoms. The summed E-state index contributed by atoms with van der Waals surface area (Å²) < 4.78 is 26.8. The molecule has 1 atom stereocenters. The lowest BCUT2D eigenvalue weighted by atomic mass is 10.0. The molecule has 1 aromatic carbocycles. The molecule has 1 unspecified atom stereocenters. The molecule has 1 saturated carbocycles. The van der Waals surface area contributed by atoms with E-state index in [4.69, 9.17) is 5.73 Å². The first kappa shape index (κ1) is 14.9. The summed E-state index contributed by atoms with van der Waals surface area (Å²) in [5, 5.41) is 3.13. The second kappa shape index (κ2) is 6.79. The summed E-state index contributed by atoms with van der Waals surface area (Å²) in [6.07, 6.45) is 6.46. The Morgan fingerprint density at radius 2 is 1.85 bits per heavy atom. The van der Waals surface area contributed by atoms with Crippen molar-refractivity contribution in [1.29, 1.82) is 0 Å². The highest BCUT2D eigenvalue weighted by Crippen LogP contribution is 2.23. The zero-order valence-corrected chi connectivity index (χ0v) is 11.4. The monoisotopic (exact) mass is 282 g/mol. The van der Waals surface area contributed by atoms with E-state index in [1.54, 1.807) is 0 Å². The molecule has 0 spiro atoms. The highest BCUT2D eigenvalue weighted by atomic mass is 19.1. The highest BCUT2D eigenvalue weighted by Gasteiger charge is 2.25. The van der Waals surface area contributed by atoms with E-state index < -0.39 is 23.6 Å². The summed E-state index contributed by atoms with van der Waals surface area (Å²) in [6, 6.07) is 2.45. The second-order valence-corrected chi connectivity index (χ2v) is 5.36. The lowest BCUT2D eigenvalue weighted by Crippen LogP contribution is -2.40. The molecule has 20 heavy (non-hydrogen) atoms. The number of amides is 1. The summed E-state index contributed by atoms with van der Waals surface area (Å²) >= 11 is 0. The molecule has 2 rings (SSSR count). The van der Waals surface area contributed by atoms with Crippen LogP contribution < -0.4 is 11.1 Å². The summed E-state index contributed by atoms with van der Waals surface area (Å²) in [7, 11) is 0. The van der Waals surface area contributed by atoms with Crippen LogP contribution in [0.5, 0.6) is 0 Å². The minimum Gasteiger partial charge on any atom is -0.368 e. The zero-order valence-electron chi connectivity index (χ0n) is 11.4. The Hall–Kier alpha value is -1.49. The minimum absolute atomic E-state index is 0.114. The summed E-state index contributed by atoms with van der Waals surface area (Å²) in [5.74, 6) is -2.04. The fourth-order valence-electron chi connectivity index (χ4n) is 2.74. The molecule has 0 radical (unpaired) electrons. The molecular weight excluding hydrogens is 262 g/mol. The standard InChI is InChI=1S/C15H20F2N2O/c16-10-7-8-12(13(17)9-10)14(15(18)20)19-11-5-3-1-2-4-6-11/h7-9,11,14,19H,1-6H2,(H2,18,20). The van der Waals surface area contributed by atoms with Gasteiger partial charge in [-0.15, -0.1) is 0 Å².